The molecule has 1 spiro atoms. The smallest absolute Gasteiger partial charge is 0.255 e. The van der Waals surface area contributed by atoms with Crippen LogP contribution in [0.2, 0.25) is 0 Å². The van der Waals surface area contributed by atoms with Crippen LogP contribution in [0.3, 0.4) is 0 Å². The van der Waals surface area contributed by atoms with E-state index >= 15 is 0 Å². The summed E-state index contributed by atoms with van der Waals surface area (Å²) in [5.74, 6) is 2.81. The van der Waals surface area contributed by atoms with Gasteiger partial charge in [0.05, 0.1) is 17.9 Å². The maximum atomic E-state index is 5.91. The number of ether oxygens (including phenoxy) is 1. The zero-order chi connectivity index (χ0) is 38.1. The van der Waals surface area contributed by atoms with Gasteiger partial charge in [-0.25, -0.2) is 15.0 Å². The molecule has 1 atom stereocenters. The molecule has 0 fully saturated rings. The predicted molar refractivity (Wildman–Crippen MR) is 228 cm³/mol. The van der Waals surface area contributed by atoms with E-state index in [1.54, 1.807) is 7.11 Å². The van der Waals surface area contributed by atoms with E-state index in [1.165, 1.54) is 55.6 Å². The first-order valence-corrected chi connectivity index (χ1v) is 19.5. The van der Waals surface area contributed by atoms with Crippen LogP contribution in [-0.2, 0) is 12.0 Å². The zero-order valence-corrected chi connectivity index (χ0v) is 31.6. The molecule has 2 aliphatic rings. The van der Waals surface area contributed by atoms with Crippen LogP contribution < -0.4 is 9.30 Å². The molecule has 1 unspecified atom stereocenters. The Morgan fingerprint density at radius 3 is 1.53 bits per heavy atom. The van der Waals surface area contributed by atoms with Gasteiger partial charge in [0.1, 0.15) is 6.54 Å². The standard InChI is InChI=1S/C52H37N4O/c1-3-56-30-14-21-42-37(28-29-47(57-2)48(42)56)35-24-26-40-38-19-10-12-22-43(38)52(45(40)31-35)44-23-13-11-20-39(44)41-27-25-36(32-46(41)52)51-54-49(33-15-6-4-7-16-33)53-50(55-51)34-17-8-5-9-18-34/h4-32H,3H2,1-2H3/q+1. The van der Waals surface area contributed by atoms with E-state index in [1.807, 2.05) is 36.4 Å². The minimum absolute atomic E-state index is 0.562. The van der Waals surface area contributed by atoms with Gasteiger partial charge in [-0.1, -0.05) is 133 Å². The number of benzene rings is 7. The number of rotatable bonds is 6. The maximum absolute atomic E-state index is 5.91. The summed E-state index contributed by atoms with van der Waals surface area (Å²) in [5, 5.41) is 1.16. The quantitative estimate of drug-likeness (QED) is 0.160. The van der Waals surface area contributed by atoms with Crippen molar-refractivity contribution in [3.05, 3.63) is 198 Å². The first kappa shape index (κ1) is 33.1. The second-order valence-electron chi connectivity index (χ2n) is 14.8. The van der Waals surface area contributed by atoms with Crippen molar-refractivity contribution < 1.29 is 9.30 Å². The van der Waals surface area contributed by atoms with E-state index in [2.05, 4.69) is 151 Å². The number of hydrogen-bond donors (Lipinski definition) is 0. The molecule has 2 aromatic heterocycles. The largest absolute Gasteiger partial charge is 0.490 e. The topological polar surface area (TPSA) is 51.8 Å². The number of pyridine rings is 1. The van der Waals surface area contributed by atoms with Gasteiger partial charge in [0.15, 0.2) is 29.4 Å². The lowest BCUT2D eigenvalue weighted by Gasteiger charge is -2.31. The molecule has 0 amide bonds. The predicted octanol–water partition coefficient (Wildman–Crippen LogP) is 11.4. The van der Waals surface area contributed by atoms with Gasteiger partial charge >= 0.3 is 0 Å². The lowest BCUT2D eigenvalue weighted by molar-refractivity contribution is -0.668. The van der Waals surface area contributed by atoms with Crippen molar-refractivity contribution in [1.82, 2.24) is 15.0 Å². The first-order valence-electron chi connectivity index (χ1n) is 19.5. The van der Waals surface area contributed by atoms with E-state index in [-0.39, 0.29) is 0 Å². The van der Waals surface area contributed by atoms with Crippen molar-refractivity contribution in [2.75, 3.05) is 7.11 Å². The van der Waals surface area contributed by atoms with Crippen LogP contribution in [-0.4, -0.2) is 22.1 Å². The van der Waals surface area contributed by atoms with Crippen molar-refractivity contribution in [3.63, 3.8) is 0 Å². The van der Waals surface area contributed by atoms with E-state index in [0.717, 1.165) is 39.9 Å². The van der Waals surface area contributed by atoms with Crippen LogP contribution in [0.15, 0.2) is 176 Å². The summed E-state index contributed by atoms with van der Waals surface area (Å²) < 4.78 is 8.17. The number of nitrogens with zero attached hydrogens (tertiary/aromatic N) is 4. The Balaban J connectivity index is 1.17. The lowest BCUT2D eigenvalue weighted by Crippen LogP contribution is -2.32. The minimum atomic E-state index is -0.562. The third kappa shape index (κ3) is 4.88. The second-order valence-corrected chi connectivity index (χ2v) is 14.8. The minimum Gasteiger partial charge on any atom is -0.490 e. The number of hydrogen-bond acceptors (Lipinski definition) is 4. The molecule has 2 heterocycles. The zero-order valence-electron chi connectivity index (χ0n) is 31.6. The summed E-state index contributed by atoms with van der Waals surface area (Å²) in [7, 11) is 1.75. The van der Waals surface area contributed by atoms with Crippen molar-refractivity contribution in [2.45, 2.75) is 18.9 Å². The van der Waals surface area contributed by atoms with Gasteiger partial charge in [-0.05, 0) is 92.9 Å². The van der Waals surface area contributed by atoms with Gasteiger partial charge in [-0.2, -0.15) is 4.57 Å². The van der Waals surface area contributed by atoms with Gasteiger partial charge in [-0.15, -0.1) is 0 Å². The molecule has 11 rings (SSSR count). The van der Waals surface area contributed by atoms with Crippen LogP contribution in [0.5, 0.6) is 5.75 Å². The fraction of sp³-hybridized carbons (Fsp3) is 0.0769. The third-order valence-corrected chi connectivity index (χ3v) is 11.9. The Bertz CT molecular complexity index is 2970. The van der Waals surface area contributed by atoms with Crippen LogP contribution >= 0.6 is 0 Å². The fourth-order valence-electron chi connectivity index (χ4n) is 9.43. The van der Waals surface area contributed by atoms with Crippen LogP contribution in [0.25, 0.3) is 78.4 Å². The highest BCUT2D eigenvalue weighted by Crippen LogP contribution is 2.63. The van der Waals surface area contributed by atoms with Crippen LogP contribution in [0, 0.1) is 0 Å². The first-order chi connectivity index (χ1) is 28.2. The highest BCUT2D eigenvalue weighted by Gasteiger charge is 2.51. The molecule has 0 bridgehead atoms. The Morgan fingerprint density at radius 2 is 0.947 bits per heavy atom. The molecule has 270 valence electrons. The Morgan fingerprint density at radius 1 is 0.456 bits per heavy atom. The summed E-state index contributed by atoms with van der Waals surface area (Å²) in [5.41, 5.74) is 15.8. The van der Waals surface area contributed by atoms with Gasteiger partial charge in [-0.3, -0.25) is 0 Å². The Kier molecular flexibility index (Phi) is 7.51. The summed E-state index contributed by atoms with van der Waals surface area (Å²) in [6.45, 7) is 3.02. The van der Waals surface area contributed by atoms with Crippen LogP contribution in [0.4, 0.5) is 0 Å². The molecule has 0 saturated carbocycles. The van der Waals surface area contributed by atoms with E-state index < -0.39 is 5.41 Å². The summed E-state index contributed by atoms with van der Waals surface area (Å²) in [4.78, 5) is 15.3. The summed E-state index contributed by atoms with van der Waals surface area (Å²) in [6, 6.07) is 60.8. The molecule has 57 heavy (non-hydrogen) atoms. The molecular weight excluding hydrogens is 697 g/mol. The molecule has 9 aromatic rings. The van der Waals surface area contributed by atoms with Crippen LogP contribution in [0.1, 0.15) is 29.2 Å². The van der Waals surface area contributed by atoms with Crippen molar-refractivity contribution in [2.24, 2.45) is 0 Å². The molecule has 0 radical (unpaired) electrons. The molecule has 7 aromatic carbocycles. The Labute approximate surface area is 331 Å². The molecular formula is C52H37N4O+. The van der Waals surface area contributed by atoms with Crippen molar-refractivity contribution in [1.29, 1.82) is 0 Å². The molecule has 2 aliphatic carbocycles. The van der Waals surface area contributed by atoms with E-state index in [9.17, 15) is 0 Å². The third-order valence-electron chi connectivity index (χ3n) is 11.9. The van der Waals surface area contributed by atoms with E-state index in [0.29, 0.717) is 17.5 Å². The molecule has 5 nitrogen and oxygen atoms in total. The van der Waals surface area contributed by atoms with Crippen molar-refractivity contribution >= 4 is 10.9 Å². The highest BCUT2D eigenvalue weighted by atomic mass is 16.5. The normalized spacial score (nSPS) is 14.6. The van der Waals surface area contributed by atoms with Gasteiger partial charge in [0.2, 0.25) is 0 Å². The Hall–Kier alpha value is -7.24. The van der Waals surface area contributed by atoms with Crippen molar-refractivity contribution in [3.8, 4) is 73.3 Å². The monoisotopic (exact) mass is 733 g/mol. The summed E-state index contributed by atoms with van der Waals surface area (Å²) in [6.07, 6.45) is 2.13. The molecule has 5 heteroatoms. The van der Waals surface area contributed by atoms with Gasteiger partial charge in [0.25, 0.3) is 5.52 Å². The summed E-state index contributed by atoms with van der Waals surface area (Å²) >= 11 is 0. The number of aromatic nitrogens is 4. The molecule has 0 N–H and O–H groups in total. The van der Waals surface area contributed by atoms with Gasteiger partial charge < -0.3 is 4.74 Å². The number of methoxy groups -OCH3 is 1. The second kappa shape index (κ2) is 12.9. The average Bonchev–Trinajstić information content (AvgIpc) is 3.75. The molecule has 0 saturated heterocycles. The van der Waals surface area contributed by atoms with Gasteiger partial charge in [0, 0.05) is 22.8 Å². The SMILES string of the molecule is CC[n+]1cccc2c(-c3ccc4c(c3)C3(c5ccccc5-c5ccc(-c6nc(-c7ccccc7)nc(-c7ccccc7)n6)cc53)c3ccccc3-4)ccc(OC)c21. The number of fused-ring (bicyclic) bond motifs is 11. The fourth-order valence-corrected chi connectivity index (χ4v) is 9.43. The highest BCUT2D eigenvalue weighted by molar-refractivity contribution is 6.00. The number of aryl methyl sites for hydroxylation is 1. The average molecular weight is 734 g/mol. The molecule has 0 aliphatic heterocycles. The maximum Gasteiger partial charge on any atom is 0.255 e. The van der Waals surface area contributed by atoms with E-state index in [4.69, 9.17) is 19.7 Å². The lowest BCUT2D eigenvalue weighted by atomic mass is 9.70.